The number of nitrogens with zero attached hydrogens (tertiary/aromatic N) is 6. The highest BCUT2D eigenvalue weighted by Crippen LogP contribution is 2.16. The summed E-state index contributed by atoms with van der Waals surface area (Å²) in [4.78, 5) is 13.0. The van der Waals surface area contributed by atoms with E-state index in [4.69, 9.17) is 0 Å². The van der Waals surface area contributed by atoms with Crippen molar-refractivity contribution in [3.8, 4) is 11.9 Å². The Morgan fingerprint density at radius 1 is 1.13 bits per heavy atom. The molecule has 0 aliphatic carbocycles. The van der Waals surface area contributed by atoms with Crippen LogP contribution in [0.5, 0.6) is 0 Å². The lowest BCUT2D eigenvalue weighted by Gasteiger charge is -2.08. The number of rotatable bonds is 4. The summed E-state index contributed by atoms with van der Waals surface area (Å²) in [5.41, 5.74) is 3.04. The summed E-state index contributed by atoms with van der Waals surface area (Å²) in [5, 5.41) is 13.6. The number of aromatic nitrogens is 5. The minimum absolute atomic E-state index is 0.477. The number of hydrogen-bond acceptors (Lipinski definition) is 5. The van der Waals surface area contributed by atoms with Crippen LogP contribution >= 0.6 is 0 Å². The van der Waals surface area contributed by atoms with Crippen LogP contribution in [0.2, 0.25) is 0 Å². The number of allylic oxidation sites excluding steroid dienone is 1. The van der Waals surface area contributed by atoms with E-state index in [9.17, 15) is 5.26 Å². The lowest BCUT2D eigenvalue weighted by Crippen LogP contribution is -2.08. The van der Waals surface area contributed by atoms with E-state index < -0.39 is 0 Å². The SMILES string of the molecule is C/C=C/c1nccnc1Cc1ccnn1-c1ncccc1C#N. The Bertz CT molecular complexity index is 888. The average Bonchev–Trinajstić information content (AvgIpc) is 3.05. The van der Waals surface area contributed by atoms with Gasteiger partial charge in [0.1, 0.15) is 6.07 Å². The first-order valence-electron chi connectivity index (χ1n) is 7.14. The lowest BCUT2D eigenvalue weighted by atomic mass is 10.1. The Hall–Kier alpha value is -3.33. The molecule has 23 heavy (non-hydrogen) atoms. The van der Waals surface area contributed by atoms with Crippen molar-refractivity contribution in [3.05, 3.63) is 71.7 Å². The van der Waals surface area contributed by atoms with Crippen LogP contribution in [-0.4, -0.2) is 24.7 Å². The molecule has 6 nitrogen and oxygen atoms in total. The second-order valence-corrected chi connectivity index (χ2v) is 4.79. The van der Waals surface area contributed by atoms with Crippen LogP contribution < -0.4 is 0 Å². The van der Waals surface area contributed by atoms with E-state index in [0.717, 1.165) is 17.1 Å². The van der Waals surface area contributed by atoms with Gasteiger partial charge in [0, 0.05) is 31.2 Å². The zero-order valence-corrected chi connectivity index (χ0v) is 12.6. The normalized spacial score (nSPS) is 10.8. The Labute approximate surface area is 133 Å². The van der Waals surface area contributed by atoms with E-state index in [1.54, 1.807) is 41.6 Å². The molecule has 0 amide bonds. The summed E-state index contributed by atoms with van der Waals surface area (Å²) in [6.07, 6.45) is 11.1. The topological polar surface area (TPSA) is 80.3 Å². The van der Waals surface area contributed by atoms with E-state index in [-0.39, 0.29) is 0 Å². The van der Waals surface area contributed by atoms with Crippen molar-refractivity contribution in [2.45, 2.75) is 13.3 Å². The fourth-order valence-electron chi connectivity index (χ4n) is 2.29. The Morgan fingerprint density at radius 3 is 2.83 bits per heavy atom. The van der Waals surface area contributed by atoms with Gasteiger partial charge < -0.3 is 0 Å². The maximum Gasteiger partial charge on any atom is 0.171 e. The second-order valence-electron chi connectivity index (χ2n) is 4.79. The van der Waals surface area contributed by atoms with Crippen LogP contribution in [0.4, 0.5) is 0 Å². The summed E-state index contributed by atoms with van der Waals surface area (Å²) >= 11 is 0. The van der Waals surface area contributed by atoms with Gasteiger partial charge in [-0.2, -0.15) is 10.4 Å². The monoisotopic (exact) mass is 302 g/mol. The van der Waals surface area contributed by atoms with E-state index in [1.807, 2.05) is 25.1 Å². The van der Waals surface area contributed by atoms with Gasteiger partial charge in [-0.1, -0.05) is 6.08 Å². The van der Waals surface area contributed by atoms with Crippen molar-refractivity contribution in [2.75, 3.05) is 0 Å². The molecule has 0 aliphatic heterocycles. The molecule has 3 heterocycles. The molecule has 0 spiro atoms. The van der Waals surface area contributed by atoms with Crippen molar-refractivity contribution in [2.24, 2.45) is 0 Å². The molecule has 0 aliphatic rings. The Morgan fingerprint density at radius 2 is 2.00 bits per heavy atom. The Kier molecular flexibility index (Phi) is 4.20. The number of hydrogen-bond donors (Lipinski definition) is 0. The van der Waals surface area contributed by atoms with Gasteiger partial charge in [0.2, 0.25) is 0 Å². The molecule has 3 aromatic rings. The quantitative estimate of drug-likeness (QED) is 0.740. The predicted octanol–water partition coefficient (Wildman–Crippen LogP) is 2.55. The fraction of sp³-hybridized carbons (Fsp3) is 0.118. The molecule has 0 unspecified atom stereocenters. The van der Waals surface area contributed by atoms with Gasteiger partial charge in [-0.05, 0) is 31.2 Å². The molecular weight excluding hydrogens is 288 g/mol. The molecule has 0 aromatic carbocycles. The van der Waals surface area contributed by atoms with Crippen LogP contribution in [0.3, 0.4) is 0 Å². The van der Waals surface area contributed by atoms with Gasteiger partial charge in [0.15, 0.2) is 5.82 Å². The van der Waals surface area contributed by atoms with E-state index in [1.165, 1.54) is 0 Å². The summed E-state index contributed by atoms with van der Waals surface area (Å²) in [7, 11) is 0. The second kappa shape index (κ2) is 6.62. The third kappa shape index (κ3) is 2.99. The fourth-order valence-corrected chi connectivity index (χ4v) is 2.29. The highest BCUT2D eigenvalue weighted by atomic mass is 15.3. The molecule has 0 saturated heterocycles. The number of nitriles is 1. The molecule has 0 fully saturated rings. The van der Waals surface area contributed by atoms with Crippen LogP contribution in [0, 0.1) is 11.3 Å². The predicted molar refractivity (Wildman–Crippen MR) is 85.6 cm³/mol. The largest absolute Gasteiger partial charge is 0.257 e. The first-order valence-corrected chi connectivity index (χ1v) is 7.14. The van der Waals surface area contributed by atoms with Gasteiger partial charge in [-0.3, -0.25) is 9.97 Å². The van der Waals surface area contributed by atoms with E-state index >= 15 is 0 Å². The van der Waals surface area contributed by atoms with Crippen molar-refractivity contribution in [3.63, 3.8) is 0 Å². The van der Waals surface area contributed by atoms with Gasteiger partial charge >= 0.3 is 0 Å². The van der Waals surface area contributed by atoms with E-state index in [0.29, 0.717) is 17.8 Å². The summed E-state index contributed by atoms with van der Waals surface area (Å²) in [6, 6.07) is 7.49. The van der Waals surface area contributed by atoms with Crippen molar-refractivity contribution in [1.82, 2.24) is 24.7 Å². The maximum atomic E-state index is 9.25. The van der Waals surface area contributed by atoms with Gasteiger partial charge in [0.05, 0.1) is 22.6 Å². The molecule has 0 N–H and O–H groups in total. The first kappa shape index (κ1) is 14.6. The smallest absolute Gasteiger partial charge is 0.171 e. The third-order valence-electron chi connectivity index (χ3n) is 3.31. The maximum absolute atomic E-state index is 9.25. The van der Waals surface area contributed by atoms with Gasteiger partial charge in [0.25, 0.3) is 0 Å². The summed E-state index contributed by atoms with van der Waals surface area (Å²) in [6.45, 7) is 1.94. The van der Waals surface area contributed by atoms with Crippen molar-refractivity contribution >= 4 is 6.08 Å². The third-order valence-corrected chi connectivity index (χ3v) is 3.31. The minimum Gasteiger partial charge on any atom is -0.257 e. The lowest BCUT2D eigenvalue weighted by molar-refractivity contribution is 0.787. The van der Waals surface area contributed by atoms with Crippen LogP contribution in [0.1, 0.15) is 29.6 Å². The van der Waals surface area contributed by atoms with Gasteiger partial charge in [-0.25, -0.2) is 9.67 Å². The first-order chi connectivity index (χ1) is 11.3. The van der Waals surface area contributed by atoms with E-state index in [2.05, 4.69) is 26.1 Å². The molecule has 0 bridgehead atoms. The zero-order valence-electron chi connectivity index (χ0n) is 12.6. The standard InChI is InChI=1S/C17H14N6/c1-2-4-15-16(20-10-9-19-15)11-14-6-8-22-23(14)17-13(12-18)5-3-7-21-17/h2-10H,11H2,1H3/b4-2+. The minimum atomic E-state index is 0.477. The van der Waals surface area contributed by atoms with Crippen LogP contribution in [0.25, 0.3) is 11.9 Å². The number of pyridine rings is 1. The molecule has 112 valence electrons. The van der Waals surface area contributed by atoms with Crippen LogP contribution in [0.15, 0.2) is 49.1 Å². The molecule has 3 rings (SSSR count). The summed E-state index contributed by atoms with van der Waals surface area (Å²) < 4.78 is 1.67. The van der Waals surface area contributed by atoms with Crippen LogP contribution in [-0.2, 0) is 6.42 Å². The molecule has 6 heteroatoms. The molecular formula is C17H14N6. The summed E-state index contributed by atoms with van der Waals surface area (Å²) in [5.74, 6) is 0.520. The average molecular weight is 302 g/mol. The highest BCUT2D eigenvalue weighted by Gasteiger charge is 2.13. The van der Waals surface area contributed by atoms with Crippen molar-refractivity contribution in [1.29, 1.82) is 5.26 Å². The molecule has 0 radical (unpaired) electrons. The zero-order chi connectivity index (χ0) is 16.1. The van der Waals surface area contributed by atoms with Crippen molar-refractivity contribution < 1.29 is 0 Å². The van der Waals surface area contributed by atoms with Gasteiger partial charge in [-0.15, -0.1) is 0 Å². The Balaban J connectivity index is 2.02. The molecule has 3 aromatic heterocycles. The molecule has 0 atom stereocenters. The highest BCUT2D eigenvalue weighted by molar-refractivity contribution is 5.48. The molecule has 0 saturated carbocycles.